The number of amides is 12. The molecule has 1 aromatic heterocycles. The van der Waals surface area contributed by atoms with Gasteiger partial charge < -0.3 is 114 Å². The molecule has 0 spiro atoms. The molecule has 4 aromatic rings. The van der Waals surface area contributed by atoms with Gasteiger partial charge in [0.2, 0.25) is 70.9 Å². The largest absolute Gasteiger partial charge is 0.508 e. The summed E-state index contributed by atoms with van der Waals surface area (Å²) >= 11 is 0. The van der Waals surface area contributed by atoms with Gasteiger partial charge in [-0.05, 0) is 61.4 Å². The van der Waals surface area contributed by atoms with E-state index in [1.807, 2.05) is 0 Å². The van der Waals surface area contributed by atoms with Crippen molar-refractivity contribution in [2.24, 2.45) is 17.4 Å². The summed E-state index contributed by atoms with van der Waals surface area (Å²) in [6, 6.07) is 2.16. The number of aliphatic hydroxyl groups excluding tert-OH is 4. The number of aliphatic hydroxyl groups is 4. The topological polar surface area (TPSA) is 562 Å². The van der Waals surface area contributed by atoms with E-state index in [4.69, 9.17) is 11.5 Å². The van der Waals surface area contributed by atoms with Crippen LogP contribution >= 0.6 is 0 Å². The fraction of sp³-hybridized carbons (Fsp3) is 0.500. The Kier molecular flexibility index (Phi) is 33.2. The van der Waals surface area contributed by atoms with E-state index < -0.39 is 213 Å². The van der Waals surface area contributed by atoms with Crippen LogP contribution in [0, 0.1) is 5.92 Å². The van der Waals surface area contributed by atoms with Crippen LogP contribution in [-0.2, 0) is 92.8 Å². The molecule has 107 heavy (non-hydrogen) atoms. The van der Waals surface area contributed by atoms with E-state index in [0.29, 0.717) is 28.0 Å². The minimum absolute atomic E-state index is 0.0484. The van der Waals surface area contributed by atoms with Crippen LogP contribution in [0.1, 0.15) is 69.3 Å². The summed E-state index contributed by atoms with van der Waals surface area (Å²) in [7, 11) is 4.59. The summed E-state index contributed by atoms with van der Waals surface area (Å²) in [6.45, 7) is 2.10. The lowest BCUT2D eigenvalue weighted by molar-refractivity contribution is -0.151. The fourth-order valence-electron chi connectivity index (χ4n) is 11.7. The molecule has 1 aliphatic heterocycles. The van der Waals surface area contributed by atoms with E-state index in [2.05, 4.69) is 47.2 Å². The number of imidazole rings is 1. The molecule has 0 saturated carbocycles. The molecule has 0 unspecified atom stereocenters. The summed E-state index contributed by atoms with van der Waals surface area (Å²) in [4.78, 5) is 206. The predicted octanol–water partition coefficient (Wildman–Crippen LogP) is -6.04. The van der Waals surface area contributed by atoms with Gasteiger partial charge in [0, 0.05) is 73.2 Å². The number of nitrogens with zero attached hydrogens (tertiary/aromatic N) is 6. The number of hydrogen-bond acceptors (Lipinski definition) is 22. The molecule has 0 bridgehead atoms. The molecule has 584 valence electrons. The SMILES string of the molecule is CC(C)[C@H](NC(=O)[C@@H](NC(=O)[C@H](Cc1ccc(O)cc1)NC(=O)[C@H](Cc1c[nH]cn1)NC(=O)[C@H](CO)N(C)C(=O)[C@H](CO)NC(=O)[C@H](Cc1ccccc1)N(C)C(=O)[C@H](Cc1ccccc1)N(C)C(=O)[C@H](CC(=O)O)NC(=O)CN(C)C(=O)[C@@H](N)[C@@H](C)O)[C@@H](C)O)C(=O)N1CCC[C@H]1C(=O)N[C@@H](CN)C(=O)O. The first kappa shape index (κ1) is 86.6. The Bertz CT molecular complexity index is 3720. The third kappa shape index (κ3) is 24.8. The van der Waals surface area contributed by atoms with Gasteiger partial charge >= 0.3 is 11.9 Å². The highest BCUT2D eigenvalue weighted by atomic mass is 16.4. The number of rotatable bonds is 40. The first-order valence-electron chi connectivity index (χ1n) is 34.3. The van der Waals surface area contributed by atoms with E-state index in [1.54, 1.807) is 74.5 Å². The number of likely N-dealkylation sites (N-methyl/N-ethyl adjacent to an activating group) is 4. The standard InChI is InChI=1S/C70H98N16O21/c1-37(2)57(69(105)86-25-15-20-50(86)61(97)78-48(31-71)70(106)107)80-64(100)58(39(4)90)81-60(96)45(26-42-21-23-44(91)24-22-42)76-59(95)46(29-43-32-73-36-74-43)77-63(99)53(35-88)85(8)66(102)49(34-87)79-62(98)51(27-40-16-11-9-12-17-40)83(6)67(103)52(28-41-18-13-10-14-19-41)84(7)65(101)47(30-55(93)94)75-54(92)33-82(5)68(104)56(72)38(3)89/h9-14,16-19,21-24,32,36-39,45-53,56-58,87-91H,15,20,25-31,33-35,71-72H2,1-8H3,(H,73,74)(H,75,92)(H,76,95)(H,77,99)(H,78,97)(H,79,98)(H,80,100)(H,81,96)(H,93,94)(H,106,107)/t38-,39-,45+,46+,47+,48+,49+,50+,51+,52+,53+,56+,57+,58+/m1/s1. The molecule has 5 rings (SSSR count). The number of H-pyrrole nitrogens is 1. The maximum atomic E-state index is 15.2. The highest BCUT2D eigenvalue weighted by molar-refractivity contribution is 6.00. The van der Waals surface area contributed by atoms with Crippen molar-refractivity contribution in [1.29, 1.82) is 0 Å². The molecule has 12 amide bonds. The van der Waals surface area contributed by atoms with Crippen molar-refractivity contribution in [1.82, 2.24) is 71.7 Å². The molecule has 1 fully saturated rings. The Labute approximate surface area is 616 Å². The molecule has 1 aliphatic rings. The summed E-state index contributed by atoms with van der Waals surface area (Å²) in [6.07, 6.45) is -2.29. The Hall–Kier alpha value is -11.0. The number of phenols is 1. The number of carboxylic acids is 2. The molecule has 0 radical (unpaired) electrons. The Morgan fingerprint density at radius 1 is 0.561 bits per heavy atom. The number of phenolic OH excluding ortho intramolecular Hbond substituents is 1. The van der Waals surface area contributed by atoms with E-state index in [9.17, 15) is 98.1 Å². The number of aromatic nitrogens is 2. The summed E-state index contributed by atoms with van der Waals surface area (Å²) in [5, 5.41) is 89.3. The van der Waals surface area contributed by atoms with Crippen molar-refractivity contribution >= 4 is 82.8 Å². The number of aromatic amines is 1. The lowest BCUT2D eigenvalue weighted by Crippen LogP contribution is -2.63. The molecule has 14 atom stereocenters. The lowest BCUT2D eigenvalue weighted by atomic mass is 9.99. The zero-order valence-electron chi connectivity index (χ0n) is 60.6. The van der Waals surface area contributed by atoms with Gasteiger partial charge in [0.25, 0.3) is 0 Å². The lowest BCUT2D eigenvalue weighted by Gasteiger charge is -2.36. The van der Waals surface area contributed by atoms with Gasteiger partial charge in [-0.25, -0.2) is 9.78 Å². The molecule has 37 nitrogen and oxygen atoms in total. The Morgan fingerprint density at radius 2 is 1.07 bits per heavy atom. The average molecular weight is 1500 g/mol. The molecule has 2 heterocycles. The van der Waals surface area contributed by atoms with Gasteiger partial charge in [-0.15, -0.1) is 0 Å². The number of carbonyl (C=O) groups is 14. The van der Waals surface area contributed by atoms with Crippen molar-refractivity contribution < 1.29 is 103 Å². The number of nitrogens with two attached hydrogens (primary N) is 2. The minimum Gasteiger partial charge on any atom is -0.508 e. The van der Waals surface area contributed by atoms with Crippen molar-refractivity contribution in [2.45, 2.75) is 157 Å². The quantitative estimate of drug-likeness (QED) is 0.0197. The van der Waals surface area contributed by atoms with Crippen LogP contribution in [-0.4, -0.2) is 299 Å². The maximum Gasteiger partial charge on any atom is 0.327 e. The number of likely N-dealkylation sites (tertiary alicyclic amines) is 1. The Morgan fingerprint density at radius 3 is 1.60 bits per heavy atom. The van der Waals surface area contributed by atoms with Gasteiger partial charge in [-0.1, -0.05) is 86.6 Å². The molecular weight excluding hydrogens is 1400 g/mol. The number of aromatic hydroxyl groups is 1. The highest BCUT2D eigenvalue weighted by Crippen LogP contribution is 2.23. The third-order valence-corrected chi connectivity index (χ3v) is 18.0. The van der Waals surface area contributed by atoms with Gasteiger partial charge in [0.05, 0.1) is 50.4 Å². The number of carboxylic acid groups (broad SMARTS) is 2. The van der Waals surface area contributed by atoms with Crippen molar-refractivity contribution in [3.8, 4) is 5.75 Å². The van der Waals surface area contributed by atoms with Crippen LogP contribution in [0.5, 0.6) is 5.75 Å². The Balaban J connectivity index is 1.40. The van der Waals surface area contributed by atoms with E-state index in [-0.39, 0.29) is 43.7 Å². The van der Waals surface area contributed by atoms with Crippen LogP contribution in [0.3, 0.4) is 0 Å². The zero-order chi connectivity index (χ0) is 79.7. The van der Waals surface area contributed by atoms with Crippen molar-refractivity contribution in [3.05, 3.63) is 120 Å². The summed E-state index contributed by atoms with van der Waals surface area (Å²) in [5.41, 5.74) is 12.7. The second kappa shape index (κ2) is 41.1. The maximum absolute atomic E-state index is 15.2. The minimum atomic E-state index is -1.95. The van der Waals surface area contributed by atoms with Crippen LogP contribution in [0.2, 0.25) is 0 Å². The van der Waals surface area contributed by atoms with E-state index in [0.717, 1.165) is 28.7 Å². The number of nitrogens with one attached hydrogen (secondary N) is 8. The van der Waals surface area contributed by atoms with Gasteiger partial charge in [0.15, 0.2) is 0 Å². The monoisotopic (exact) mass is 1500 g/mol. The molecule has 19 N–H and O–H groups in total. The van der Waals surface area contributed by atoms with Crippen molar-refractivity contribution in [2.75, 3.05) is 61.0 Å². The molecule has 37 heteroatoms. The van der Waals surface area contributed by atoms with Crippen molar-refractivity contribution in [3.63, 3.8) is 0 Å². The van der Waals surface area contributed by atoms with E-state index >= 15 is 4.79 Å². The molecule has 3 aromatic carbocycles. The number of hydrogen-bond donors (Lipinski definition) is 17. The number of carbonyl (C=O) groups excluding carboxylic acids is 12. The van der Waals surface area contributed by atoms with Gasteiger partial charge in [0.1, 0.15) is 78.3 Å². The zero-order valence-corrected chi connectivity index (χ0v) is 60.6. The first-order valence-corrected chi connectivity index (χ1v) is 34.3. The van der Waals surface area contributed by atoms with Crippen LogP contribution in [0.4, 0.5) is 0 Å². The third-order valence-electron chi connectivity index (χ3n) is 18.0. The predicted molar refractivity (Wildman–Crippen MR) is 379 cm³/mol. The molecule has 1 saturated heterocycles. The van der Waals surface area contributed by atoms with Crippen LogP contribution < -0.4 is 48.7 Å². The number of aliphatic carboxylic acids is 2. The second-order valence-electron chi connectivity index (χ2n) is 26.4. The summed E-state index contributed by atoms with van der Waals surface area (Å²) in [5.74, 6) is -16.0. The highest BCUT2D eigenvalue weighted by Gasteiger charge is 2.44. The summed E-state index contributed by atoms with van der Waals surface area (Å²) < 4.78 is 0. The smallest absolute Gasteiger partial charge is 0.327 e. The van der Waals surface area contributed by atoms with Crippen LogP contribution in [0.15, 0.2) is 97.5 Å². The van der Waals surface area contributed by atoms with E-state index in [1.165, 1.54) is 69.8 Å². The normalized spacial score (nSPS) is 16.3. The van der Waals surface area contributed by atoms with Gasteiger partial charge in [-0.3, -0.25) is 62.3 Å². The first-order chi connectivity index (χ1) is 50.5. The molecular formula is C70H98N16O21. The number of benzene rings is 3. The second-order valence-corrected chi connectivity index (χ2v) is 26.4. The van der Waals surface area contributed by atoms with Crippen LogP contribution in [0.25, 0.3) is 0 Å². The fourth-order valence-corrected chi connectivity index (χ4v) is 11.7. The molecule has 0 aliphatic carbocycles. The van der Waals surface area contributed by atoms with Gasteiger partial charge in [-0.2, -0.15) is 0 Å². The average Bonchev–Trinajstić information content (AvgIpc) is 1.71.